The Hall–Kier alpha value is -1.53. The molecule has 0 radical (unpaired) electrons. The molecule has 2 rings (SSSR count). The molecule has 0 saturated carbocycles. The molecule has 0 atom stereocenters. The van der Waals surface area contributed by atoms with Crippen LogP contribution < -0.4 is 10.6 Å². The highest BCUT2D eigenvalue weighted by atomic mass is 32.2. The smallest absolute Gasteiger partial charge is 0.191 e. The van der Waals surface area contributed by atoms with Crippen LogP contribution in [0.5, 0.6) is 0 Å². The molecule has 1 aromatic carbocycles. The van der Waals surface area contributed by atoms with Gasteiger partial charge in [0, 0.05) is 36.3 Å². The summed E-state index contributed by atoms with van der Waals surface area (Å²) < 4.78 is 0. The van der Waals surface area contributed by atoms with Crippen molar-refractivity contribution in [2.24, 2.45) is 4.99 Å². The zero-order valence-electron chi connectivity index (χ0n) is 14.1. The van der Waals surface area contributed by atoms with Crippen LogP contribution in [0.2, 0.25) is 0 Å². The van der Waals surface area contributed by atoms with Crippen LogP contribution >= 0.6 is 23.1 Å². The first kappa shape index (κ1) is 17.8. The van der Waals surface area contributed by atoms with Gasteiger partial charge >= 0.3 is 0 Å². The second kappa shape index (κ2) is 8.93. The lowest BCUT2D eigenvalue weighted by molar-refractivity contribution is 0.790. The number of hydrogen-bond donors (Lipinski definition) is 2. The molecule has 23 heavy (non-hydrogen) atoms. The van der Waals surface area contributed by atoms with Gasteiger partial charge in [-0.15, -0.1) is 23.1 Å². The van der Waals surface area contributed by atoms with Crippen molar-refractivity contribution < 1.29 is 0 Å². The third-order valence-electron chi connectivity index (χ3n) is 3.55. The van der Waals surface area contributed by atoms with Crippen molar-refractivity contribution in [1.29, 1.82) is 0 Å². The lowest BCUT2D eigenvalue weighted by Gasteiger charge is -2.11. The first-order valence-corrected chi connectivity index (χ1v) is 9.67. The number of thiazole rings is 1. The van der Waals surface area contributed by atoms with E-state index >= 15 is 0 Å². The van der Waals surface area contributed by atoms with Gasteiger partial charge in [0.15, 0.2) is 5.96 Å². The molecule has 0 aliphatic heterocycles. The van der Waals surface area contributed by atoms with Crippen LogP contribution in [0.4, 0.5) is 0 Å². The molecule has 2 N–H and O–H groups in total. The van der Waals surface area contributed by atoms with Crippen molar-refractivity contribution in [3.63, 3.8) is 0 Å². The van der Waals surface area contributed by atoms with Gasteiger partial charge in [-0.2, -0.15) is 0 Å². The molecule has 124 valence electrons. The molecule has 0 aliphatic rings. The Morgan fingerprint density at radius 3 is 2.52 bits per heavy atom. The Morgan fingerprint density at radius 2 is 1.96 bits per heavy atom. The van der Waals surface area contributed by atoms with Crippen LogP contribution in [-0.4, -0.2) is 30.8 Å². The molecule has 0 amide bonds. The first-order valence-electron chi connectivity index (χ1n) is 7.62. The molecule has 2 aromatic rings. The summed E-state index contributed by atoms with van der Waals surface area (Å²) in [6.07, 6.45) is 3.01. The maximum absolute atomic E-state index is 4.56. The van der Waals surface area contributed by atoms with Gasteiger partial charge in [0.1, 0.15) is 0 Å². The Balaban J connectivity index is 1.76. The number of aromatic nitrogens is 1. The topological polar surface area (TPSA) is 49.3 Å². The summed E-state index contributed by atoms with van der Waals surface area (Å²) in [4.78, 5) is 11.4. The first-order chi connectivity index (χ1) is 11.1. The number of nitrogens with zero attached hydrogens (tertiary/aromatic N) is 2. The minimum atomic E-state index is 0.768. The van der Waals surface area contributed by atoms with E-state index in [2.05, 4.69) is 65.0 Å². The molecule has 0 saturated heterocycles. The average Bonchev–Trinajstić information content (AvgIpc) is 2.89. The van der Waals surface area contributed by atoms with Crippen LogP contribution in [0.1, 0.15) is 21.1 Å². The van der Waals surface area contributed by atoms with Crippen molar-refractivity contribution in [3.8, 4) is 0 Å². The van der Waals surface area contributed by atoms with E-state index in [9.17, 15) is 0 Å². The second-order valence-corrected chi connectivity index (χ2v) is 7.37. The third kappa shape index (κ3) is 5.55. The van der Waals surface area contributed by atoms with E-state index < -0.39 is 0 Å². The van der Waals surface area contributed by atoms with E-state index in [1.54, 1.807) is 30.1 Å². The molecule has 4 nitrogen and oxygen atoms in total. The average molecular weight is 349 g/mol. The van der Waals surface area contributed by atoms with E-state index in [-0.39, 0.29) is 0 Å². The predicted molar refractivity (Wildman–Crippen MR) is 102 cm³/mol. The Morgan fingerprint density at radius 1 is 1.22 bits per heavy atom. The predicted octanol–water partition coefficient (Wildman–Crippen LogP) is 3.39. The van der Waals surface area contributed by atoms with E-state index in [1.807, 2.05) is 0 Å². The van der Waals surface area contributed by atoms with Crippen molar-refractivity contribution in [2.75, 3.05) is 19.8 Å². The molecule has 0 bridgehead atoms. The van der Waals surface area contributed by atoms with E-state index in [0.717, 1.165) is 31.2 Å². The second-order valence-electron chi connectivity index (χ2n) is 5.20. The van der Waals surface area contributed by atoms with Crippen LogP contribution in [0.25, 0.3) is 0 Å². The number of rotatable bonds is 6. The summed E-state index contributed by atoms with van der Waals surface area (Å²) >= 11 is 3.53. The number of benzene rings is 1. The molecule has 1 aromatic heterocycles. The molecular formula is C17H24N4S2. The minimum Gasteiger partial charge on any atom is -0.356 e. The monoisotopic (exact) mass is 348 g/mol. The fraction of sp³-hybridized carbons (Fsp3) is 0.412. The summed E-state index contributed by atoms with van der Waals surface area (Å²) in [5, 5.41) is 7.86. The number of hydrogen-bond acceptors (Lipinski definition) is 4. The zero-order chi connectivity index (χ0) is 16.7. The van der Waals surface area contributed by atoms with Gasteiger partial charge in [-0.25, -0.2) is 4.98 Å². The number of thioether (sulfide) groups is 1. The van der Waals surface area contributed by atoms with E-state index in [4.69, 9.17) is 0 Å². The van der Waals surface area contributed by atoms with Gasteiger partial charge in [0.25, 0.3) is 0 Å². The summed E-state index contributed by atoms with van der Waals surface area (Å²) in [6.45, 7) is 5.78. The minimum absolute atomic E-state index is 0.768. The number of aliphatic imine (C=N–C) groups is 1. The van der Waals surface area contributed by atoms with Gasteiger partial charge in [0.2, 0.25) is 0 Å². The van der Waals surface area contributed by atoms with Gasteiger partial charge in [-0.3, -0.25) is 4.99 Å². The van der Waals surface area contributed by atoms with Crippen LogP contribution in [0.15, 0.2) is 34.2 Å². The maximum Gasteiger partial charge on any atom is 0.191 e. The van der Waals surface area contributed by atoms with Gasteiger partial charge < -0.3 is 10.6 Å². The molecule has 0 spiro atoms. The number of nitrogens with one attached hydrogen (secondary N) is 2. The third-order valence-corrected chi connectivity index (χ3v) is 5.42. The Bertz CT molecular complexity index is 628. The zero-order valence-corrected chi connectivity index (χ0v) is 15.8. The highest BCUT2D eigenvalue weighted by molar-refractivity contribution is 7.98. The highest BCUT2D eigenvalue weighted by Gasteiger charge is 2.04. The van der Waals surface area contributed by atoms with Crippen molar-refractivity contribution in [3.05, 3.63) is 45.4 Å². The molecule has 1 heterocycles. The van der Waals surface area contributed by atoms with Crippen LogP contribution in [0, 0.1) is 13.8 Å². The van der Waals surface area contributed by atoms with Crippen LogP contribution in [-0.2, 0) is 13.0 Å². The number of guanidine groups is 1. The molecule has 0 fully saturated rings. The molecular weight excluding hydrogens is 324 g/mol. The highest BCUT2D eigenvalue weighted by Crippen LogP contribution is 2.16. The summed E-state index contributed by atoms with van der Waals surface area (Å²) in [7, 11) is 1.80. The lowest BCUT2D eigenvalue weighted by atomic mass is 10.2. The summed E-state index contributed by atoms with van der Waals surface area (Å²) in [6, 6.07) is 8.58. The fourth-order valence-corrected chi connectivity index (χ4v) is 3.43. The van der Waals surface area contributed by atoms with Gasteiger partial charge in [0.05, 0.1) is 10.7 Å². The largest absolute Gasteiger partial charge is 0.356 e. The van der Waals surface area contributed by atoms with Gasteiger partial charge in [-0.1, -0.05) is 12.1 Å². The molecule has 6 heteroatoms. The van der Waals surface area contributed by atoms with E-state index in [1.165, 1.54) is 20.3 Å². The molecule has 0 unspecified atom stereocenters. The normalized spacial score (nSPS) is 11.6. The molecule has 0 aliphatic carbocycles. The van der Waals surface area contributed by atoms with E-state index in [0.29, 0.717) is 0 Å². The summed E-state index contributed by atoms with van der Waals surface area (Å²) in [5.41, 5.74) is 2.39. The Labute approximate surface area is 146 Å². The fourth-order valence-electron chi connectivity index (χ4n) is 2.08. The summed E-state index contributed by atoms with van der Waals surface area (Å²) in [5.74, 6) is 0.823. The lowest BCUT2D eigenvalue weighted by Crippen LogP contribution is -2.37. The van der Waals surface area contributed by atoms with Crippen molar-refractivity contribution >= 4 is 29.1 Å². The standard InChI is InChI=1S/C17H24N4S2/c1-12-13(2)23-16(21-12)9-10-19-17(18-3)20-11-14-5-7-15(22-4)8-6-14/h5-8H,9-11H2,1-4H3,(H2,18,19,20). The number of aryl methyl sites for hydroxylation is 2. The quantitative estimate of drug-likeness (QED) is 0.477. The van der Waals surface area contributed by atoms with Gasteiger partial charge in [-0.05, 0) is 37.8 Å². The maximum atomic E-state index is 4.56. The van der Waals surface area contributed by atoms with Crippen molar-refractivity contribution in [1.82, 2.24) is 15.6 Å². The van der Waals surface area contributed by atoms with Crippen LogP contribution in [0.3, 0.4) is 0 Å². The Kier molecular flexibility index (Phi) is 6.92. The SMILES string of the molecule is CN=C(NCCc1nc(C)c(C)s1)NCc1ccc(SC)cc1. The van der Waals surface area contributed by atoms with Crippen molar-refractivity contribution in [2.45, 2.75) is 31.7 Å².